The number of benzene rings is 1. The number of aliphatic hydroxyl groups is 1. The van der Waals surface area contributed by atoms with E-state index in [1.807, 2.05) is 12.1 Å². The summed E-state index contributed by atoms with van der Waals surface area (Å²) in [5.74, 6) is -0.272. The zero-order chi connectivity index (χ0) is 17.0. The molecule has 1 heterocycles. The van der Waals surface area contributed by atoms with Gasteiger partial charge in [-0.3, -0.25) is 14.2 Å². The summed E-state index contributed by atoms with van der Waals surface area (Å²) < 4.78 is 1.41. The van der Waals surface area contributed by atoms with Gasteiger partial charge >= 0.3 is 0 Å². The predicted molar refractivity (Wildman–Crippen MR) is 91.7 cm³/mol. The molecule has 1 fully saturated rings. The highest BCUT2D eigenvalue weighted by atomic mass is 16.3. The molecule has 1 saturated carbocycles. The fourth-order valence-electron chi connectivity index (χ4n) is 3.30. The van der Waals surface area contributed by atoms with Crippen molar-refractivity contribution in [2.24, 2.45) is 0 Å². The van der Waals surface area contributed by atoms with Crippen LogP contribution in [0.5, 0.6) is 0 Å². The van der Waals surface area contributed by atoms with Crippen LogP contribution in [0.1, 0.15) is 38.5 Å². The topological polar surface area (TPSA) is 84.2 Å². The summed E-state index contributed by atoms with van der Waals surface area (Å²) in [7, 11) is 0. The molecule has 6 heteroatoms. The van der Waals surface area contributed by atoms with Crippen LogP contribution in [-0.4, -0.2) is 32.7 Å². The van der Waals surface area contributed by atoms with Gasteiger partial charge in [-0.05, 0) is 25.0 Å². The molecule has 24 heavy (non-hydrogen) atoms. The second kappa shape index (κ2) is 7.13. The predicted octanol–water partition coefficient (Wildman–Crippen LogP) is 1.60. The summed E-state index contributed by atoms with van der Waals surface area (Å²) in [5.41, 5.74) is 0.176. The van der Waals surface area contributed by atoms with Crippen molar-refractivity contribution in [3.05, 3.63) is 40.8 Å². The lowest BCUT2D eigenvalue weighted by atomic mass is 9.94. The van der Waals surface area contributed by atoms with Crippen LogP contribution in [0.3, 0.4) is 0 Å². The van der Waals surface area contributed by atoms with Crippen LogP contribution in [0.4, 0.5) is 0 Å². The Morgan fingerprint density at radius 3 is 2.67 bits per heavy atom. The van der Waals surface area contributed by atoms with Crippen molar-refractivity contribution in [3.63, 3.8) is 0 Å². The molecule has 1 aromatic heterocycles. The lowest BCUT2D eigenvalue weighted by molar-refractivity contribution is -0.123. The van der Waals surface area contributed by atoms with Crippen molar-refractivity contribution >= 4 is 16.9 Å². The van der Waals surface area contributed by atoms with E-state index in [0.717, 1.165) is 25.7 Å². The Hall–Kier alpha value is -2.21. The molecule has 1 amide bonds. The highest BCUT2D eigenvalue weighted by Gasteiger charge is 2.28. The number of nitrogens with one attached hydrogen (secondary N) is 1. The van der Waals surface area contributed by atoms with Gasteiger partial charge in [-0.15, -0.1) is 0 Å². The highest BCUT2D eigenvalue weighted by Crippen LogP contribution is 2.26. The van der Waals surface area contributed by atoms with Gasteiger partial charge in [0.05, 0.1) is 22.8 Å². The Morgan fingerprint density at radius 2 is 1.92 bits per heavy atom. The van der Waals surface area contributed by atoms with E-state index in [1.165, 1.54) is 10.8 Å². The van der Waals surface area contributed by atoms with Crippen molar-refractivity contribution in [2.75, 3.05) is 6.54 Å². The van der Waals surface area contributed by atoms with Gasteiger partial charge in [-0.1, -0.05) is 37.8 Å². The second-order valence-corrected chi connectivity index (χ2v) is 6.59. The third-order valence-corrected chi connectivity index (χ3v) is 4.70. The van der Waals surface area contributed by atoms with Crippen LogP contribution in [0.2, 0.25) is 0 Å². The van der Waals surface area contributed by atoms with E-state index in [9.17, 15) is 14.7 Å². The van der Waals surface area contributed by atoms with E-state index in [0.29, 0.717) is 23.9 Å². The average molecular weight is 329 g/mol. The summed E-state index contributed by atoms with van der Waals surface area (Å²) >= 11 is 0. The lowest BCUT2D eigenvalue weighted by Crippen LogP contribution is -2.44. The Morgan fingerprint density at radius 1 is 1.21 bits per heavy atom. The number of para-hydroxylation sites is 2. The molecule has 6 nitrogen and oxygen atoms in total. The molecule has 0 spiro atoms. The number of amides is 1. The van der Waals surface area contributed by atoms with Crippen molar-refractivity contribution < 1.29 is 9.90 Å². The van der Waals surface area contributed by atoms with Crippen molar-refractivity contribution in [1.82, 2.24) is 14.9 Å². The molecule has 0 unspecified atom stereocenters. The SMILES string of the molecule is O=C(Cn1c(=O)cnc2ccccc21)NCC1(O)CCCCCC1. The number of carbonyl (C=O) groups excluding carboxylic acids is 1. The molecular weight excluding hydrogens is 306 g/mol. The Balaban J connectivity index is 1.69. The Bertz CT molecular complexity index is 776. The summed E-state index contributed by atoms with van der Waals surface area (Å²) in [6.45, 7) is 0.168. The first-order valence-electron chi connectivity index (χ1n) is 8.51. The molecular formula is C18H23N3O3. The minimum absolute atomic E-state index is 0.0715. The molecule has 1 aliphatic carbocycles. The molecule has 0 atom stereocenters. The number of hydrogen-bond acceptors (Lipinski definition) is 4. The van der Waals surface area contributed by atoms with Crippen LogP contribution >= 0.6 is 0 Å². The molecule has 0 saturated heterocycles. The van der Waals surface area contributed by atoms with Crippen LogP contribution in [0.15, 0.2) is 35.3 Å². The molecule has 1 aromatic carbocycles. The molecule has 0 bridgehead atoms. The number of hydrogen-bond donors (Lipinski definition) is 2. The van der Waals surface area contributed by atoms with Crippen molar-refractivity contribution in [2.45, 2.75) is 50.7 Å². The van der Waals surface area contributed by atoms with E-state index >= 15 is 0 Å². The number of carbonyl (C=O) groups is 1. The second-order valence-electron chi connectivity index (χ2n) is 6.59. The molecule has 0 radical (unpaired) electrons. The quantitative estimate of drug-likeness (QED) is 0.835. The van der Waals surface area contributed by atoms with Crippen LogP contribution in [-0.2, 0) is 11.3 Å². The molecule has 1 aliphatic rings. The summed E-state index contributed by atoms with van der Waals surface area (Å²) in [6.07, 6.45) is 6.90. The number of aromatic nitrogens is 2. The number of nitrogens with zero attached hydrogens (tertiary/aromatic N) is 2. The highest BCUT2D eigenvalue weighted by molar-refractivity contribution is 5.79. The van der Waals surface area contributed by atoms with Crippen molar-refractivity contribution in [1.29, 1.82) is 0 Å². The van der Waals surface area contributed by atoms with Crippen molar-refractivity contribution in [3.8, 4) is 0 Å². The number of fused-ring (bicyclic) bond motifs is 1. The standard InChI is InChI=1S/C18H23N3O3/c22-16(20-13-18(24)9-5-1-2-6-10-18)12-21-15-8-4-3-7-14(15)19-11-17(21)23/h3-4,7-8,11,24H,1-2,5-6,9-10,12-13H2,(H,20,22). The fourth-order valence-corrected chi connectivity index (χ4v) is 3.30. The zero-order valence-electron chi connectivity index (χ0n) is 13.7. The van der Waals surface area contributed by atoms with Gasteiger partial charge in [0.2, 0.25) is 5.91 Å². The van der Waals surface area contributed by atoms with Gasteiger partial charge in [-0.25, -0.2) is 4.98 Å². The van der Waals surface area contributed by atoms with E-state index in [-0.39, 0.29) is 24.6 Å². The minimum atomic E-state index is -0.822. The van der Waals surface area contributed by atoms with E-state index < -0.39 is 5.60 Å². The lowest BCUT2D eigenvalue weighted by Gasteiger charge is -2.26. The summed E-state index contributed by atoms with van der Waals surface area (Å²) in [6, 6.07) is 7.23. The fraction of sp³-hybridized carbons (Fsp3) is 0.500. The van der Waals surface area contributed by atoms with Gasteiger partial charge in [0.1, 0.15) is 6.54 Å². The average Bonchev–Trinajstić information content (AvgIpc) is 2.81. The first kappa shape index (κ1) is 16.6. The van der Waals surface area contributed by atoms with Crippen LogP contribution < -0.4 is 10.9 Å². The molecule has 3 rings (SSSR count). The van der Waals surface area contributed by atoms with E-state index in [1.54, 1.807) is 12.1 Å². The molecule has 128 valence electrons. The number of rotatable bonds is 4. The first-order valence-corrected chi connectivity index (χ1v) is 8.51. The maximum Gasteiger partial charge on any atom is 0.269 e. The maximum atomic E-state index is 12.3. The van der Waals surface area contributed by atoms with Crippen LogP contribution in [0, 0.1) is 0 Å². The van der Waals surface area contributed by atoms with Crippen LogP contribution in [0.25, 0.3) is 11.0 Å². The monoisotopic (exact) mass is 329 g/mol. The maximum absolute atomic E-state index is 12.3. The molecule has 0 aliphatic heterocycles. The smallest absolute Gasteiger partial charge is 0.269 e. The van der Waals surface area contributed by atoms with Gasteiger partial charge in [-0.2, -0.15) is 0 Å². The normalized spacial score (nSPS) is 17.4. The van der Waals surface area contributed by atoms with E-state index in [4.69, 9.17) is 0 Å². The molecule has 2 N–H and O–H groups in total. The van der Waals surface area contributed by atoms with Gasteiger partial charge < -0.3 is 10.4 Å². The van der Waals surface area contributed by atoms with Gasteiger partial charge in [0.25, 0.3) is 5.56 Å². The summed E-state index contributed by atoms with van der Waals surface area (Å²) in [4.78, 5) is 28.4. The Kier molecular flexibility index (Phi) is 4.94. The van der Waals surface area contributed by atoms with Gasteiger partial charge in [0.15, 0.2) is 0 Å². The first-order chi connectivity index (χ1) is 11.6. The van der Waals surface area contributed by atoms with E-state index in [2.05, 4.69) is 10.3 Å². The van der Waals surface area contributed by atoms with Gasteiger partial charge in [0, 0.05) is 6.54 Å². The largest absolute Gasteiger partial charge is 0.388 e. The minimum Gasteiger partial charge on any atom is -0.388 e. The molecule has 2 aromatic rings. The zero-order valence-corrected chi connectivity index (χ0v) is 13.7. The summed E-state index contributed by atoms with van der Waals surface area (Å²) in [5, 5.41) is 13.4. The third-order valence-electron chi connectivity index (χ3n) is 4.70. The third kappa shape index (κ3) is 3.82. The Labute approximate surface area is 140 Å².